The van der Waals surface area contributed by atoms with Gasteiger partial charge in [0.15, 0.2) is 11.6 Å². The molecule has 1 aliphatic heterocycles. The second-order valence-corrected chi connectivity index (χ2v) is 12.4. The summed E-state index contributed by atoms with van der Waals surface area (Å²) in [6.45, 7) is 0.273. The molecule has 6 heterocycles. The van der Waals surface area contributed by atoms with Gasteiger partial charge in [0.25, 0.3) is 5.91 Å². The Morgan fingerprint density at radius 3 is 2.08 bits per heavy atom. The molecule has 3 unspecified atom stereocenters. The second-order valence-electron chi connectivity index (χ2n) is 12.4. The van der Waals surface area contributed by atoms with Crippen LogP contribution in [0.3, 0.4) is 0 Å². The fourth-order valence-corrected chi connectivity index (χ4v) is 6.03. The smallest absolute Gasteiger partial charge is 0.258 e. The molecule has 1 aliphatic carbocycles. The number of hydrogen-bond acceptors (Lipinski definition) is 11. The minimum atomic E-state index is -0.785. The molecule has 6 aromatic rings. The molecule has 3 atom stereocenters. The van der Waals surface area contributed by atoms with Crippen LogP contribution in [0.4, 0.5) is 11.9 Å². The Hall–Kier alpha value is -6.62. The van der Waals surface area contributed by atoms with E-state index in [2.05, 4.69) is 46.1 Å². The molecule has 256 valence electrons. The van der Waals surface area contributed by atoms with E-state index in [4.69, 9.17) is 9.97 Å². The van der Waals surface area contributed by atoms with Crippen LogP contribution in [0.15, 0.2) is 73.1 Å². The van der Waals surface area contributed by atoms with E-state index >= 15 is 0 Å². The molecule has 17 heteroatoms. The second kappa shape index (κ2) is 13.0. The van der Waals surface area contributed by atoms with Gasteiger partial charge in [0.05, 0.1) is 17.6 Å². The number of likely N-dealkylation sites (tertiary alicyclic amines) is 1. The molecule has 2 fully saturated rings. The van der Waals surface area contributed by atoms with Gasteiger partial charge >= 0.3 is 0 Å². The zero-order valence-electron chi connectivity index (χ0n) is 27.2. The maximum atomic E-state index is 12.9. The average Bonchev–Trinajstić information content (AvgIpc) is 3.49. The highest BCUT2D eigenvalue weighted by molar-refractivity contribution is 6.03. The van der Waals surface area contributed by atoms with E-state index in [1.807, 2.05) is 31.4 Å². The largest absolute Gasteiger partial charge is 0.373 e. The van der Waals surface area contributed by atoms with Crippen LogP contribution in [-0.4, -0.2) is 84.1 Å². The normalized spacial score (nSPS) is 18.2. The lowest BCUT2D eigenvalue weighted by molar-refractivity contribution is -0.134. The van der Waals surface area contributed by atoms with Gasteiger partial charge in [-0.15, -0.1) is 20.4 Å². The summed E-state index contributed by atoms with van der Waals surface area (Å²) in [7, 11) is 1.85. The quantitative estimate of drug-likeness (QED) is 0.141. The number of pyridine rings is 2. The molecule has 3 amide bonds. The van der Waals surface area contributed by atoms with Crippen molar-refractivity contribution in [3.05, 3.63) is 89.7 Å². The number of anilines is 2. The van der Waals surface area contributed by atoms with Gasteiger partial charge in [0.2, 0.25) is 23.7 Å². The van der Waals surface area contributed by atoms with Crippen molar-refractivity contribution in [3.63, 3.8) is 0 Å². The van der Waals surface area contributed by atoms with Gasteiger partial charge in [-0.1, -0.05) is 24.3 Å². The summed E-state index contributed by atoms with van der Waals surface area (Å²) < 4.78 is 1.73. The number of H-pyrrole nitrogens is 2. The predicted octanol–water partition coefficient (Wildman–Crippen LogP) is 2.88. The molecule has 8 rings (SSSR count). The van der Waals surface area contributed by atoms with Crippen molar-refractivity contribution < 1.29 is 19.5 Å². The van der Waals surface area contributed by atoms with E-state index in [9.17, 15) is 19.5 Å². The Kier molecular flexibility index (Phi) is 8.07. The third kappa shape index (κ3) is 6.69. The minimum Gasteiger partial charge on any atom is -0.373 e. The van der Waals surface area contributed by atoms with Gasteiger partial charge in [-0.2, -0.15) is 5.10 Å². The molecule has 1 aromatic carbocycles. The van der Waals surface area contributed by atoms with Crippen molar-refractivity contribution in [3.8, 4) is 34.4 Å². The van der Waals surface area contributed by atoms with E-state index in [1.54, 1.807) is 53.3 Å². The molecule has 5 aromatic heterocycles. The minimum absolute atomic E-state index is 0.0941. The molecular formula is C34H31N13O4. The third-order valence-electron chi connectivity index (χ3n) is 8.84. The molecular weight excluding hydrogens is 654 g/mol. The maximum absolute atomic E-state index is 12.9. The van der Waals surface area contributed by atoms with Crippen LogP contribution in [0.2, 0.25) is 0 Å². The first-order valence-electron chi connectivity index (χ1n) is 16.3. The van der Waals surface area contributed by atoms with Crippen molar-refractivity contribution in [1.82, 2.24) is 55.0 Å². The van der Waals surface area contributed by atoms with Gasteiger partial charge in [-0.05, 0) is 59.9 Å². The number of aromatic nitrogens is 10. The van der Waals surface area contributed by atoms with E-state index < -0.39 is 12.1 Å². The van der Waals surface area contributed by atoms with E-state index in [0.29, 0.717) is 52.8 Å². The van der Waals surface area contributed by atoms with Gasteiger partial charge < -0.3 is 20.0 Å². The van der Waals surface area contributed by atoms with Crippen molar-refractivity contribution >= 4 is 29.6 Å². The zero-order chi connectivity index (χ0) is 35.1. The molecule has 5 N–H and O–H groups in total. The highest BCUT2D eigenvalue weighted by atomic mass is 16.3. The Balaban J connectivity index is 0.902. The van der Waals surface area contributed by atoms with Crippen LogP contribution in [0.25, 0.3) is 34.4 Å². The molecule has 2 aliphatic rings. The molecule has 1 saturated carbocycles. The van der Waals surface area contributed by atoms with Gasteiger partial charge in [-0.25, -0.2) is 9.97 Å². The first kappa shape index (κ1) is 31.6. The summed E-state index contributed by atoms with van der Waals surface area (Å²) in [5.74, 6) is 0.467. The summed E-state index contributed by atoms with van der Waals surface area (Å²) in [5.41, 5.74) is 4.33. The van der Waals surface area contributed by atoms with Crippen LogP contribution in [0, 0.1) is 5.92 Å². The number of carbonyl (C=O) groups excluding carboxylic acids is 3. The topological polar surface area (TPSA) is 225 Å². The van der Waals surface area contributed by atoms with E-state index in [1.165, 1.54) is 4.90 Å². The molecule has 17 nitrogen and oxygen atoms in total. The fourth-order valence-electron chi connectivity index (χ4n) is 6.03. The van der Waals surface area contributed by atoms with Gasteiger partial charge in [0, 0.05) is 44.1 Å². The number of rotatable bonds is 10. The number of hydrogen-bond donors (Lipinski definition) is 5. The number of carbonyl (C=O) groups is 3. The number of aliphatic hydroxyl groups is 1. The Morgan fingerprint density at radius 1 is 0.863 bits per heavy atom. The zero-order valence-corrected chi connectivity index (χ0v) is 27.2. The van der Waals surface area contributed by atoms with Crippen LogP contribution in [0.1, 0.15) is 46.7 Å². The summed E-state index contributed by atoms with van der Waals surface area (Å²) in [4.78, 5) is 54.5. The number of nitrogens with zero attached hydrogens (tertiary/aromatic N) is 9. The summed E-state index contributed by atoms with van der Waals surface area (Å²) in [6.07, 6.45) is 4.43. The summed E-state index contributed by atoms with van der Waals surface area (Å²) in [5, 5.41) is 36.2. The van der Waals surface area contributed by atoms with E-state index in [-0.39, 0.29) is 42.1 Å². The Morgan fingerprint density at radius 2 is 1.49 bits per heavy atom. The number of aryl methyl sites for hydroxylation is 1. The highest BCUT2D eigenvalue weighted by Gasteiger charge is 2.45. The first-order chi connectivity index (χ1) is 24.8. The van der Waals surface area contributed by atoms with Crippen molar-refractivity contribution in [2.45, 2.75) is 38.0 Å². The number of aliphatic hydroxyl groups excluding tert-OH is 1. The van der Waals surface area contributed by atoms with Crippen molar-refractivity contribution in [2.24, 2.45) is 13.0 Å². The number of amides is 3. The maximum Gasteiger partial charge on any atom is 0.258 e. The monoisotopic (exact) mass is 685 g/mol. The van der Waals surface area contributed by atoms with Crippen LogP contribution >= 0.6 is 0 Å². The third-order valence-corrected chi connectivity index (χ3v) is 8.84. The van der Waals surface area contributed by atoms with Crippen molar-refractivity contribution in [1.29, 1.82) is 0 Å². The Bertz CT molecular complexity index is 2260. The van der Waals surface area contributed by atoms with E-state index in [0.717, 1.165) is 17.5 Å². The lowest BCUT2D eigenvalue weighted by Gasteiger charge is -2.20. The van der Waals surface area contributed by atoms with Gasteiger partial charge in [-0.3, -0.25) is 29.7 Å². The molecule has 0 radical (unpaired) electrons. The lowest BCUT2D eigenvalue weighted by atomic mass is 10.1. The molecule has 1 saturated heterocycles. The van der Waals surface area contributed by atoms with Crippen LogP contribution in [-0.2, 0) is 23.2 Å². The van der Waals surface area contributed by atoms with Crippen LogP contribution < -0.4 is 10.6 Å². The highest BCUT2D eigenvalue weighted by Crippen LogP contribution is 2.47. The molecule has 0 bridgehead atoms. The van der Waals surface area contributed by atoms with Gasteiger partial charge in [0.1, 0.15) is 17.6 Å². The fraction of sp³-hybridized carbons (Fsp3) is 0.235. The summed E-state index contributed by atoms with van der Waals surface area (Å²) in [6, 6.07) is 17.5. The number of aromatic amines is 2. The number of benzene rings is 1. The SMILES string of the molecule is Cn1cc(C2CC2C(=O)Nc2nnc(-c3cccc(-c4cccc(-c5nnc(NC(=O)c6ccc(CN7C(=O)CCC7O)cc6)[nH]5)n4)n3)[nH]2)cn1. The molecule has 0 spiro atoms. The predicted molar refractivity (Wildman–Crippen MR) is 181 cm³/mol. The summed E-state index contributed by atoms with van der Waals surface area (Å²) >= 11 is 0. The first-order valence-corrected chi connectivity index (χ1v) is 16.3. The molecule has 51 heavy (non-hydrogen) atoms. The van der Waals surface area contributed by atoms with Crippen molar-refractivity contribution in [2.75, 3.05) is 10.6 Å². The standard InChI is InChI=1S/C34H31N13O4/c1-46-17-20(15-35-46)21-14-22(21)32(51)41-34-39-30(43-45-34)26-7-3-5-24(37-26)23-4-2-6-25(36-23)29-38-33(44-42-29)40-31(50)19-10-8-18(9-11-19)16-47-27(48)12-13-28(47)49/h2-11,15,17,21-22,27,48H,12-14,16H2,1H3,(H2,38,40,42,44,50)(H2,39,41,43,45,51). The number of nitrogens with one attached hydrogen (secondary N) is 4. The Labute approximate surface area is 289 Å². The lowest BCUT2D eigenvalue weighted by Crippen LogP contribution is -2.32. The van der Waals surface area contributed by atoms with Crippen LogP contribution in [0.5, 0.6) is 0 Å². The average molecular weight is 686 g/mol.